The van der Waals surface area contributed by atoms with E-state index in [0.717, 1.165) is 0 Å². The summed E-state index contributed by atoms with van der Waals surface area (Å²) in [5, 5.41) is 0.705. The van der Waals surface area contributed by atoms with E-state index in [1.54, 1.807) is 6.08 Å². The summed E-state index contributed by atoms with van der Waals surface area (Å²) in [7, 11) is 0. The highest BCUT2D eigenvalue weighted by Crippen LogP contribution is 2.49. The third-order valence-corrected chi connectivity index (χ3v) is 5.22. The van der Waals surface area contributed by atoms with Gasteiger partial charge in [-0.1, -0.05) is 36.5 Å². The molecule has 0 bridgehead atoms. The molecule has 76 valence electrons. The van der Waals surface area contributed by atoms with E-state index in [1.807, 2.05) is 6.08 Å². The summed E-state index contributed by atoms with van der Waals surface area (Å²) in [4.78, 5) is 22.5. The molecule has 1 fully saturated rings. The van der Waals surface area contributed by atoms with E-state index in [2.05, 4.69) is 13.8 Å². The molecule has 2 aliphatic rings. The first-order valence-corrected chi connectivity index (χ1v) is 6.32. The molecule has 14 heavy (non-hydrogen) atoms. The van der Waals surface area contributed by atoms with Crippen LogP contribution in [-0.2, 0) is 9.59 Å². The van der Waals surface area contributed by atoms with Gasteiger partial charge in [0, 0.05) is 16.4 Å². The van der Waals surface area contributed by atoms with Gasteiger partial charge in [-0.25, -0.2) is 0 Å². The molecule has 0 aromatic rings. The van der Waals surface area contributed by atoms with Gasteiger partial charge in [0.25, 0.3) is 0 Å². The third kappa shape index (κ3) is 1.65. The Balaban J connectivity index is 2.19. The monoisotopic (exact) mass is 228 g/mol. The maximum Gasteiger partial charge on any atom is 0.212 e. The molecule has 0 unspecified atom stereocenters. The Kier molecular flexibility index (Phi) is 2.52. The van der Waals surface area contributed by atoms with E-state index in [4.69, 9.17) is 0 Å². The van der Waals surface area contributed by atoms with Crippen LogP contribution in [0.1, 0.15) is 20.3 Å². The summed E-state index contributed by atoms with van der Waals surface area (Å²) in [5.74, 6) is 0.299. The Bertz CT molecular complexity index is 324. The number of carbonyl (C=O) groups excluding carboxylic acids is 2. The van der Waals surface area contributed by atoms with E-state index in [-0.39, 0.29) is 15.0 Å². The zero-order valence-corrected chi connectivity index (χ0v) is 9.78. The van der Waals surface area contributed by atoms with Crippen molar-refractivity contribution in [2.24, 2.45) is 5.92 Å². The van der Waals surface area contributed by atoms with Crippen molar-refractivity contribution >= 4 is 33.8 Å². The lowest BCUT2D eigenvalue weighted by molar-refractivity contribution is -0.111. The number of hydrogen-bond donors (Lipinski definition) is 0. The van der Waals surface area contributed by atoms with Crippen LogP contribution in [0.3, 0.4) is 0 Å². The standard InChI is InChI=1S/C10H12O2S2/c1-6-7(5-9(12)13-6)10(2)4-3-8(11)14-10/h3-4,6-7H,5H2,1-2H3/t6-,7+,10+/m0/s1. The lowest BCUT2D eigenvalue weighted by Gasteiger charge is -2.29. The molecular weight excluding hydrogens is 216 g/mol. The second kappa shape index (κ2) is 3.42. The fourth-order valence-electron chi connectivity index (χ4n) is 2.07. The number of hydrogen-bond acceptors (Lipinski definition) is 4. The van der Waals surface area contributed by atoms with Crippen molar-refractivity contribution in [2.45, 2.75) is 30.3 Å². The van der Waals surface area contributed by atoms with Crippen LogP contribution in [0, 0.1) is 5.92 Å². The zero-order valence-electron chi connectivity index (χ0n) is 8.15. The average molecular weight is 228 g/mol. The van der Waals surface area contributed by atoms with E-state index < -0.39 is 0 Å². The summed E-state index contributed by atoms with van der Waals surface area (Å²) in [6.45, 7) is 4.13. The molecule has 2 heterocycles. The molecule has 3 atom stereocenters. The molecule has 0 saturated carbocycles. The van der Waals surface area contributed by atoms with Gasteiger partial charge in [-0.2, -0.15) is 0 Å². The lowest BCUT2D eigenvalue weighted by Crippen LogP contribution is -2.31. The average Bonchev–Trinajstić information content (AvgIpc) is 2.57. The van der Waals surface area contributed by atoms with Gasteiger partial charge in [-0.3, -0.25) is 9.59 Å². The number of carbonyl (C=O) groups is 2. The molecule has 0 aromatic carbocycles. The minimum Gasteiger partial charge on any atom is -0.287 e. The largest absolute Gasteiger partial charge is 0.287 e. The molecule has 0 aromatic heterocycles. The molecule has 2 aliphatic heterocycles. The van der Waals surface area contributed by atoms with Crippen LogP contribution in [0.4, 0.5) is 0 Å². The summed E-state index contributed by atoms with van der Waals surface area (Å²) in [6.07, 6.45) is 4.19. The predicted molar refractivity (Wildman–Crippen MR) is 60.3 cm³/mol. The minimum atomic E-state index is -0.157. The first kappa shape index (κ1) is 10.3. The van der Waals surface area contributed by atoms with Crippen molar-refractivity contribution in [3.8, 4) is 0 Å². The molecule has 0 amide bonds. The van der Waals surface area contributed by atoms with Crippen LogP contribution < -0.4 is 0 Å². The van der Waals surface area contributed by atoms with E-state index in [0.29, 0.717) is 17.6 Å². The van der Waals surface area contributed by atoms with Crippen LogP contribution in [0.15, 0.2) is 12.2 Å². The van der Waals surface area contributed by atoms with Gasteiger partial charge >= 0.3 is 0 Å². The molecule has 0 N–H and O–H groups in total. The first-order valence-electron chi connectivity index (χ1n) is 4.63. The Morgan fingerprint density at radius 1 is 1.50 bits per heavy atom. The Hall–Kier alpha value is -0.220. The second-order valence-electron chi connectivity index (χ2n) is 3.94. The first-order chi connectivity index (χ1) is 6.51. The molecule has 0 spiro atoms. The fraction of sp³-hybridized carbons (Fsp3) is 0.600. The highest BCUT2D eigenvalue weighted by atomic mass is 32.2. The minimum absolute atomic E-state index is 0.115. The molecule has 2 nitrogen and oxygen atoms in total. The van der Waals surface area contributed by atoms with Crippen molar-refractivity contribution in [3.63, 3.8) is 0 Å². The Labute approximate surface area is 91.9 Å². The Morgan fingerprint density at radius 2 is 2.21 bits per heavy atom. The van der Waals surface area contributed by atoms with E-state index >= 15 is 0 Å². The quantitative estimate of drug-likeness (QED) is 0.689. The Morgan fingerprint density at radius 3 is 2.64 bits per heavy atom. The summed E-state index contributed by atoms with van der Waals surface area (Å²) in [6, 6.07) is 0. The predicted octanol–water partition coefficient (Wildman–Crippen LogP) is 2.24. The molecule has 0 aliphatic carbocycles. The van der Waals surface area contributed by atoms with Gasteiger partial charge in [-0.15, -0.1) is 0 Å². The van der Waals surface area contributed by atoms with Gasteiger partial charge in [0.15, 0.2) is 5.12 Å². The summed E-state index contributed by atoms with van der Waals surface area (Å²) in [5.41, 5.74) is 0. The fourth-order valence-corrected chi connectivity index (χ4v) is 4.53. The van der Waals surface area contributed by atoms with Gasteiger partial charge in [0.2, 0.25) is 5.12 Å². The van der Waals surface area contributed by atoms with E-state index in [9.17, 15) is 9.59 Å². The van der Waals surface area contributed by atoms with Gasteiger partial charge < -0.3 is 0 Å². The van der Waals surface area contributed by atoms with Crippen LogP contribution in [-0.4, -0.2) is 20.2 Å². The topological polar surface area (TPSA) is 34.1 Å². The smallest absolute Gasteiger partial charge is 0.212 e. The second-order valence-corrected chi connectivity index (χ2v) is 6.86. The van der Waals surface area contributed by atoms with Crippen LogP contribution in [0.25, 0.3) is 0 Å². The third-order valence-electron chi connectivity index (χ3n) is 2.88. The summed E-state index contributed by atoms with van der Waals surface area (Å²) >= 11 is 2.77. The van der Waals surface area contributed by atoms with Crippen molar-refractivity contribution in [1.82, 2.24) is 0 Å². The number of thioether (sulfide) groups is 2. The lowest BCUT2D eigenvalue weighted by atomic mass is 9.88. The maximum atomic E-state index is 11.3. The molecule has 2 rings (SSSR count). The van der Waals surface area contributed by atoms with Crippen LogP contribution in [0.5, 0.6) is 0 Å². The zero-order chi connectivity index (χ0) is 10.3. The highest BCUT2D eigenvalue weighted by molar-refractivity contribution is 8.16. The van der Waals surface area contributed by atoms with Crippen molar-refractivity contribution < 1.29 is 9.59 Å². The van der Waals surface area contributed by atoms with Crippen LogP contribution >= 0.6 is 23.5 Å². The van der Waals surface area contributed by atoms with Crippen molar-refractivity contribution in [3.05, 3.63) is 12.2 Å². The maximum absolute atomic E-state index is 11.3. The van der Waals surface area contributed by atoms with Crippen molar-refractivity contribution in [1.29, 1.82) is 0 Å². The van der Waals surface area contributed by atoms with Crippen molar-refractivity contribution in [2.75, 3.05) is 0 Å². The molecule has 4 heteroatoms. The van der Waals surface area contributed by atoms with Crippen LogP contribution in [0.2, 0.25) is 0 Å². The highest BCUT2D eigenvalue weighted by Gasteiger charge is 2.45. The van der Waals surface area contributed by atoms with Gasteiger partial charge in [0.05, 0.1) is 0 Å². The molecular formula is C10H12O2S2. The van der Waals surface area contributed by atoms with Gasteiger partial charge in [-0.05, 0) is 18.9 Å². The molecule has 0 radical (unpaired) electrons. The summed E-state index contributed by atoms with van der Waals surface area (Å²) < 4.78 is -0.157. The normalized spacial score (nSPS) is 42.4. The number of rotatable bonds is 1. The van der Waals surface area contributed by atoms with Gasteiger partial charge in [0.1, 0.15) is 0 Å². The SMILES string of the molecule is C[C@@H]1SC(=O)C[C@H]1[C@@]1(C)C=CC(=O)S1. The van der Waals surface area contributed by atoms with E-state index in [1.165, 1.54) is 23.5 Å². The molecule has 1 saturated heterocycles.